The van der Waals surface area contributed by atoms with Gasteiger partial charge in [0, 0.05) is 0 Å². The van der Waals surface area contributed by atoms with Crippen molar-refractivity contribution >= 4 is 0 Å². The van der Waals surface area contributed by atoms with Crippen molar-refractivity contribution in [2.75, 3.05) is 0 Å². The van der Waals surface area contributed by atoms with E-state index in [1.54, 1.807) is 0 Å². The van der Waals surface area contributed by atoms with Crippen LogP contribution in [-0.2, 0) is 0 Å². The summed E-state index contributed by atoms with van der Waals surface area (Å²) < 4.78 is 0. The third-order valence-corrected chi connectivity index (χ3v) is 3.50. The van der Waals surface area contributed by atoms with Crippen molar-refractivity contribution in [3.8, 4) is 0 Å². The molecule has 0 saturated heterocycles. The highest BCUT2D eigenvalue weighted by atomic mass is 14.5. The second-order valence-corrected chi connectivity index (χ2v) is 6.09. The second kappa shape index (κ2) is 4.02. The van der Waals surface area contributed by atoms with Gasteiger partial charge in [-0.15, -0.1) is 0 Å². The zero-order valence-corrected chi connectivity index (χ0v) is 10.1. The minimum Gasteiger partial charge on any atom is -0.0654 e. The summed E-state index contributed by atoms with van der Waals surface area (Å²) in [5.74, 6) is 3.14. The third kappa shape index (κ3) is 3.32. The molecule has 0 aliphatic heterocycles. The molecule has 13 heavy (non-hydrogen) atoms. The van der Waals surface area contributed by atoms with E-state index in [-0.39, 0.29) is 0 Å². The zero-order chi connectivity index (χ0) is 10.1. The Hall–Kier alpha value is 0. The molecule has 0 nitrogen and oxygen atoms in total. The smallest absolute Gasteiger partial charge is 0.0350 e. The molecule has 1 fully saturated rings. The monoisotopic (exact) mass is 182 g/mol. The van der Waals surface area contributed by atoms with Gasteiger partial charge in [0.15, 0.2) is 0 Å². The molecule has 0 bridgehead atoms. The Balaban J connectivity index is 2.24. The van der Waals surface area contributed by atoms with Crippen molar-refractivity contribution in [2.45, 2.75) is 60.3 Å². The molecular weight excluding hydrogens is 156 g/mol. The van der Waals surface area contributed by atoms with Crippen LogP contribution >= 0.6 is 0 Å². The SMILES string of the molecule is CCCCC1C(C)C1CC(C)(C)C. The second-order valence-electron chi connectivity index (χ2n) is 6.09. The van der Waals surface area contributed by atoms with Crippen LogP contribution in [0.1, 0.15) is 60.3 Å². The largest absolute Gasteiger partial charge is 0.0654 e. The van der Waals surface area contributed by atoms with Crippen LogP contribution in [0.2, 0.25) is 0 Å². The fourth-order valence-corrected chi connectivity index (χ4v) is 2.60. The maximum atomic E-state index is 2.44. The highest BCUT2D eigenvalue weighted by Crippen LogP contribution is 2.54. The first kappa shape index (κ1) is 11.1. The Bertz CT molecular complexity index is 152. The molecule has 0 radical (unpaired) electrons. The van der Waals surface area contributed by atoms with Crippen molar-refractivity contribution < 1.29 is 0 Å². The van der Waals surface area contributed by atoms with Crippen LogP contribution in [0.25, 0.3) is 0 Å². The minimum absolute atomic E-state index is 0.542. The van der Waals surface area contributed by atoms with E-state index in [1.165, 1.54) is 25.7 Å². The van der Waals surface area contributed by atoms with E-state index in [9.17, 15) is 0 Å². The zero-order valence-electron chi connectivity index (χ0n) is 10.1. The molecule has 0 heterocycles. The molecule has 78 valence electrons. The average Bonchev–Trinajstić information content (AvgIpc) is 2.55. The molecule has 0 heteroatoms. The molecule has 0 amide bonds. The van der Waals surface area contributed by atoms with E-state index in [1.807, 2.05) is 0 Å². The molecule has 1 aliphatic rings. The van der Waals surface area contributed by atoms with Crippen molar-refractivity contribution in [1.29, 1.82) is 0 Å². The van der Waals surface area contributed by atoms with Crippen molar-refractivity contribution in [1.82, 2.24) is 0 Å². The summed E-state index contributed by atoms with van der Waals surface area (Å²) in [5.41, 5.74) is 0.542. The Morgan fingerprint density at radius 2 is 1.69 bits per heavy atom. The molecule has 1 saturated carbocycles. The van der Waals surface area contributed by atoms with Crippen LogP contribution in [0.15, 0.2) is 0 Å². The first-order valence-corrected chi connectivity index (χ1v) is 5.95. The predicted molar refractivity (Wildman–Crippen MR) is 59.7 cm³/mol. The summed E-state index contributed by atoms with van der Waals surface area (Å²) in [6.07, 6.45) is 5.72. The summed E-state index contributed by atoms with van der Waals surface area (Å²) in [6, 6.07) is 0. The molecular formula is C13H26. The van der Waals surface area contributed by atoms with E-state index in [0.717, 1.165) is 17.8 Å². The Morgan fingerprint density at radius 1 is 1.08 bits per heavy atom. The fourth-order valence-electron chi connectivity index (χ4n) is 2.60. The summed E-state index contributed by atoms with van der Waals surface area (Å²) >= 11 is 0. The van der Waals surface area contributed by atoms with E-state index in [2.05, 4.69) is 34.6 Å². The van der Waals surface area contributed by atoms with Crippen LogP contribution in [0, 0.1) is 23.2 Å². The van der Waals surface area contributed by atoms with Crippen LogP contribution < -0.4 is 0 Å². The molecule has 3 unspecified atom stereocenters. The lowest BCUT2D eigenvalue weighted by Crippen LogP contribution is -2.06. The molecule has 0 aromatic carbocycles. The normalized spacial score (nSPS) is 33.5. The molecule has 0 aromatic rings. The molecule has 0 aromatic heterocycles. The van der Waals surface area contributed by atoms with Crippen LogP contribution in [0.4, 0.5) is 0 Å². The lowest BCUT2D eigenvalue weighted by molar-refractivity contribution is 0.337. The van der Waals surface area contributed by atoms with Crippen LogP contribution in [0.3, 0.4) is 0 Å². The lowest BCUT2D eigenvalue weighted by atomic mass is 9.88. The summed E-state index contributed by atoms with van der Waals surface area (Å²) in [5, 5.41) is 0. The minimum atomic E-state index is 0.542. The van der Waals surface area contributed by atoms with E-state index in [4.69, 9.17) is 0 Å². The number of hydrogen-bond donors (Lipinski definition) is 0. The third-order valence-electron chi connectivity index (χ3n) is 3.50. The Kier molecular flexibility index (Phi) is 3.43. The van der Waals surface area contributed by atoms with Gasteiger partial charge in [0.05, 0.1) is 0 Å². The number of unbranched alkanes of at least 4 members (excludes halogenated alkanes) is 1. The summed E-state index contributed by atoms with van der Waals surface area (Å²) in [6.45, 7) is 11.8. The number of hydrogen-bond acceptors (Lipinski definition) is 0. The topological polar surface area (TPSA) is 0 Å². The fraction of sp³-hybridized carbons (Fsp3) is 1.00. The molecule has 1 rings (SSSR count). The van der Waals surface area contributed by atoms with Crippen molar-refractivity contribution in [3.05, 3.63) is 0 Å². The van der Waals surface area contributed by atoms with Crippen LogP contribution in [-0.4, -0.2) is 0 Å². The van der Waals surface area contributed by atoms with Gasteiger partial charge in [-0.2, -0.15) is 0 Å². The van der Waals surface area contributed by atoms with Gasteiger partial charge < -0.3 is 0 Å². The van der Waals surface area contributed by atoms with Crippen molar-refractivity contribution in [3.63, 3.8) is 0 Å². The predicted octanol–water partition coefficient (Wildman–Crippen LogP) is 4.49. The highest BCUT2D eigenvalue weighted by molar-refractivity contribution is 4.95. The van der Waals surface area contributed by atoms with Gasteiger partial charge in [-0.25, -0.2) is 0 Å². The van der Waals surface area contributed by atoms with Gasteiger partial charge in [-0.1, -0.05) is 47.5 Å². The molecule has 3 atom stereocenters. The average molecular weight is 182 g/mol. The summed E-state index contributed by atoms with van der Waals surface area (Å²) in [7, 11) is 0. The van der Waals surface area contributed by atoms with Crippen molar-refractivity contribution in [2.24, 2.45) is 23.2 Å². The van der Waals surface area contributed by atoms with Gasteiger partial charge in [0.2, 0.25) is 0 Å². The molecule has 0 spiro atoms. The van der Waals surface area contributed by atoms with Gasteiger partial charge in [-0.3, -0.25) is 0 Å². The highest BCUT2D eigenvalue weighted by Gasteiger charge is 2.46. The Morgan fingerprint density at radius 3 is 2.15 bits per heavy atom. The lowest BCUT2D eigenvalue weighted by Gasteiger charge is -2.17. The number of rotatable bonds is 4. The van der Waals surface area contributed by atoms with E-state index in [0.29, 0.717) is 5.41 Å². The standard InChI is InChI=1S/C13H26/c1-6-7-8-11-10(2)12(11)9-13(3,4)5/h10-12H,6-9H2,1-5H3. The molecule has 0 N–H and O–H groups in total. The molecule has 1 aliphatic carbocycles. The maximum Gasteiger partial charge on any atom is -0.0350 e. The van der Waals surface area contributed by atoms with Crippen LogP contribution in [0.5, 0.6) is 0 Å². The van der Waals surface area contributed by atoms with E-state index >= 15 is 0 Å². The quantitative estimate of drug-likeness (QED) is 0.600. The summed E-state index contributed by atoms with van der Waals surface area (Å²) in [4.78, 5) is 0. The van der Waals surface area contributed by atoms with Gasteiger partial charge in [0.1, 0.15) is 0 Å². The maximum absolute atomic E-state index is 2.44. The first-order chi connectivity index (χ1) is 5.95. The first-order valence-electron chi connectivity index (χ1n) is 5.95. The van der Waals surface area contributed by atoms with E-state index < -0.39 is 0 Å². The van der Waals surface area contributed by atoms with Gasteiger partial charge in [0.25, 0.3) is 0 Å². The Labute approximate surface area is 84.1 Å². The van der Waals surface area contributed by atoms with Gasteiger partial charge >= 0.3 is 0 Å². The van der Waals surface area contributed by atoms with Gasteiger partial charge in [-0.05, 0) is 36.0 Å².